The summed E-state index contributed by atoms with van der Waals surface area (Å²) in [6.45, 7) is 7.62. The Hall–Kier alpha value is -3.31. The second kappa shape index (κ2) is 11.3. The topological polar surface area (TPSA) is 65.0 Å². The smallest absolute Gasteiger partial charge is 0.343 e. The number of carbonyl (C=O) groups excluding carboxylic acids is 1. The minimum Gasteiger partial charge on any atom is -0.508 e. The first-order valence-corrected chi connectivity index (χ1v) is 10.9. The Balaban J connectivity index is 1.52. The molecular formula is C27H30O5. The number of aromatic hydroxyl groups is 1. The van der Waals surface area contributed by atoms with Crippen molar-refractivity contribution in [2.24, 2.45) is 5.92 Å². The molecule has 3 rings (SSSR count). The fourth-order valence-electron chi connectivity index (χ4n) is 2.93. The molecule has 0 aromatic heterocycles. The van der Waals surface area contributed by atoms with E-state index in [0.29, 0.717) is 23.8 Å². The number of hydrogen-bond donors (Lipinski definition) is 1. The van der Waals surface area contributed by atoms with Crippen LogP contribution in [0.2, 0.25) is 0 Å². The summed E-state index contributed by atoms with van der Waals surface area (Å²) < 4.78 is 17.0. The summed E-state index contributed by atoms with van der Waals surface area (Å²) >= 11 is 0. The van der Waals surface area contributed by atoms with Gasteiger partial charge in [-0.05, 0) is 72.5 Å². The van der Waals surface area contributed by atoms with E-state index in [2.05, 4.69) is 13.8 Å². The van der Waals surface area contributed by atoms with Gasteiger partial charge in [0.1, 0.15) is 23.9 Å². The first-order chi connectivity index (χ1) is 15.4. The lowest BCUT2D eigenvalue weighted by atomic mass is 10.1. The van der Waals surface area contributed by atoms with E-state index in [0.717, 1.165) is 29.9 Å². The summed E-state index contributed by atoms with van der Waals surface area (Å²) in [7, 11) is 0. The lowest BCUT2D eigenvalue weighted by molar-refractivity contribution is 0.0149. The molecule has 0 saturated carbocycles. The van der Waals surface area contributed by atoms with Gasteiger partial charge in [0.25, 0.3) is 0 Å². The highest BCUT2D eigenvalue weighted by atomic mass is 16.5. The van der Waals surface area contributed by atoms with Crippen LogP contribution in [0.15, 0.2) is 72.8 Å². The zero-order valence-electron chi connectivity index (χ0n) is 18.8. The van der Waals surface area contributed by atoms with E-state index in [1.165, 1.54) is 24.3 Å². The molecule has 0 amide bonds. The molecule has 0 heterocycles. The summed E-state index contributed by atoms with van der Waals surface area (Å²) in [5, 5.41) is 9.32. The lowest BCUT2D eigenvalue weighted by Gasteiger charge is -2.17. The molecule has 0 radical (unpaired) electrons. The highest BCUT2D eigenvalue weighted by Gasteiger charge is 2.09. The average Bonchev–Trinajstić information content (AvgIpc) is 2.82. The van der Waals surface area contributed by atoms with Gasteiger partial charge in [0.15, 0.2) is 0 Å². The molecule has 0 unspecified atom stereocenters. The van der Waals surface area contributed by atoms with E-state index in [-0.39, 0.29) is 11.9 Å². The van der Waals surface area contributed by atoms with Crippen LogP contribution in [0.25, 0.3) is 11.1 Å². The molecular weight excluding hydrogens is 404 g/mol. The number of ether oxygens (including phenoxy) is 3. The van der Waals surface area contributed by atoms with Gasteiger partial charge in [-0.15, -0.1) is 0 Å². The van der Waals surface area contributed by atoms with Crippen molar-refractivity contribution in [2.45, 2.75) is 33.3 Å². The standard InChI is InChI=1S/C27H30O5/c1-4-19(2)17-30-20(3)18-31-25-13-7-21(8-14-25)22-9-15-26(16-10-22)32-27(29)23-5-11-24(28)12-6-23/h5-16,19-20,28H,4,17-18H2,1-3H3/t19-,20-/m0/s1. The summed E-state index contributed by atoms with van der Waals surface area (Å²) in [5.74, 6) is 1.44. The Kier molecular flexibility index (Phi) is 8.28. The van der Waals surface area contributed by atoms with Gasteiger partial charge in [-0.1, -0.05) is 44.5 Å². The van der Waals surface area contributed by atoms with Gasteiger partial charge in [0.2, 0.25) is 0 Å². The second-order valence-corrected chi connectivity index (χ2v) is 7.95. The van der Waals surface area contributed by atoms with E-state index >= 15 is 0 Å². The number of carbonyl (C=O) groups is 1. The number of rotatable bonds is 10. The van der Waals surface area contributed by atoms with Gasteiger partial charge in [-0.25, -0.2) is 4.79 Å². The molecule has 3 aromatic rings. The maximum Gasteiger partial charge on any atom is 0.343 e. The molecule has 0 aliphatic carbocycles. The first kappa shape index (κ1) is 23.4. The largest absolute Gasteiger partial charge is 0.508 e. The molecule has 0 aliphatic rings. The van der Waals surface area contributed by atoms with Crippen LogP contribution in [0.1, 0.15) is 37.6 Å². The van der Waals surface area contributed by atoms with Gasteiger partial charge in [-0.3, -0.25) is 0 Å². The highest BCUT2D eigenvalue weighted by molar-refractivity contribution is 5.91. The third-order valence-corrected chi connectivity index (χ3v) is 5.20. The van der Waals surface area contributed by atoms with Crippen LogP contribution >= 0.6 is 0 Å². The van der Waals surface area contributed by atoms with Crippen molar-refractivity contribution in [1.29, 1.82) is 0 Å². The van der Waals surface area contributed by atoms with Crippen LogP contribution in [-0.2, 0) is 4.74 Å². The van der Waals surface area contributed by atoms with E-state index in [1.54, 1.807) is 12.1 Å². The monoisotopic (exact) mass is 434 g/mol. The average molecular weight is 435 g/mol. The van der Waals surface area contributed by atoms with Crippen LogP contribution in [0, 0.1) is 5.92 Å². The van der Waals surface area contributed by atoms with Crippen LogP contribution in [0.4, 0.5) is 0 Å². The minimum absolute atomic E-state index is 0.0421. The van der Waals surface area contributed by atoms with E-state index in [4.69, 9.17) is 14.2 Å². The van der Waals surface area contributed by atoms with Crippen LogP contribution in [-0.4, -0.2) is 30.4 Å². The van der Waals surface area contributed by atoms with E-state index < -0.39 is 5.97 Å². The summed E-state index contributed by atoms with van der Waals surface area (Å²) in [6.07, 6.45) is 1.15. The molecule has 32 heavy (non-hydrogen) atoms. The molecule has 0 bridgehead atoms. The predicted molar refractivity (Wildman–Crippen MR) is 125 cm³/mol. The Labute approximate surface area is 189 Å². The minimum atomic E-state index is -0.471. The van der Waals surface area contributed by atoms with Crippen molar-refractivity contribution in [2.75, 3.05) is 13.2 Å². The number of hydrogen-bond acceptors (Lipinski definition) is 5. The molecule has 0 aliphatic heterocycles. The number of phenols is 1. The van der Waals surface area contributed by atoms with Crippen LogP contribution < -0.4 is 9.47 Å². The van der Waals surface area contributed by atoms with Crippen molar-refractivity contribution in [3.63, 3.8) is 0 Å². The Morgan fingerprint density at radius 2 is 1.38 bits per heavy atom. The summed E-state index contributed by atoms with van der Waals surface area (Å²) in [4.78, 5) is 12.2. The first-order valence-electron chi connectivity index (χ1n) is 10.9. The normalized spacial score (nSPS) is 12.7. The molecule has 168 valence electrons. The Morgan fingerprint density at radius 3 is 1.94 bits per heavy atom. The van der Waals surface area contributed by atoms with Crippen LogP contribution in [0.5, 0.6) is 17.2 Å². The van der Waals surface area contributed by atoms with Gasteiger partial charge < -0.3 is 19.3 Å². The molecule has 3 aromatic carbocycles. The predicted octanol–water partition coefficient (Wildman–Crippen LogP) is 6.11. The Bertz CT molecular complexity index is 978. The zero-order chi connectivity index (χ0) is 22.9. The van der Waals surface area contributed by atoms with Gasteiger partial charge in [0, 0.05) is 6.61 Å². The van der Waals surface area contributed by atoms with E-state index in [9.17, 15) is 9.90 Å². The quantitative estimate of drug-likeness (QED) is 0.308. The maximum atomic E-state index is 12.2. The summed E-state index contributed by atoms with van der Waals surface area (Å²) in [6, 6.07) is 21.1. The third kappa shape index (κ3) is 6.86. The molecule has 0 spiro atoms. The molecule has 5 heteroatoms. The lowest BCUT2D eigenvalue weighted by Crippen LogP contribution is -2.20. The fraction of sp³-hybridized carbons (Fsp3) is 0.296. The number of phenolic OH excluding ortho intramolecular Hbond substituents is 1. The van der Waals surface area contributed by atoms with E-state index in [1.807, 2.05) is 43.3 Å². The van der Waals surface area contributed by atoms with Crippen molar-refractivity contribution in [3.05, 3.63) is 78.4 Å². The van der Waals surface area contributed by atoms with Gasteiger partial charge >= 0.3 is 5.97 Å². The molecule has 1 N–H and O–H groups in total. The van der Waals surface area contributed by atoms with Crippen molar-refractivity contribution in [3.8, 4) is 28.4 Å². The molecule has 2 atom stereocenters. The van der Waals surface area contributed by atoms with Crippen molar-refractivity contribution in [1.82, 2.24) is 0 Å². The zero-order valence-corrected chi connectivity index (χ0v) is 18.8. The highest BCUT2D eigenvalue weighted by Crippen LogP contribution is 2.25. The second-order valence-electron chi connectivity index (χ2n) is 7.95. The van der Waals surface area contributed by atoms with Crippen molar-refractivity contribution >= 4 is 5.97 Å². The van der Waals surface area contributed by atoms with Gasteiger partial charge in [-0.2, -0.15) is 0 Å². The third-order valence-electron chi connectivity index (χ3n) is 5.20. The fourth-order valence-corrected chi connectivity index (χ4v) is 2.93. The molecule has 0 fully saturated rings. The summed E-state index contributed by atoms with van der Waals surface area (Å²) in [5.41, 5.74) is 2.42. The maximum absolute atomic E-state index is 12.2. The van der Waals surface area contributed by atoms with Gasteiger partial charge in [0.05, 0.1) is 11.7 Å². The Morgan fingerprint density at radius 1 is 0.812 bits per heavy atom. The van der Waals surface area contributed by atoms with Crippen molar-refractivity contribution < 1.29 is 24.1 Å². The molecule has 0 saturated heterocycles. The SMILES string of the molecule is CC[C@H](C)CO[C@@H](C)COc1ccc(-c2ccc(OC(=O)c3ccc(O)cc3)cc2)cc1. The molecule has 5 nitrogen and oxygen atoms in total. The number of esters is 1. The number of benzene rings is 3. The van der Waals surface area contributed by atoms with Crippen LogP contribution in [0.3, 0.4) is 0 Å².